The molecule has 0 saturated carbocycles. The van der Waals surface area contributed by atoms with Crippen molar-refractivity contribution in [3.8, 4) is 0 Å². The predicted molar refractivity (Wildman–Crippen MR) is 125 cm³/mol. The Labute approximate surface area is 180 Å². The van der Waals surface area contributed by atoms with E-state index in [1.807, 2.05) is 6.07 Å². The third kappa shape index (κ3) is 14.3. The number of rotatable bonds is 19. The molecule has 2 heteroatoms. The van der Waals surface area contributed by atoms with E-state index in [1.165, 1.54) is 82.6 Å². The van der Waals surface area contributed by atoms with Crippen LogP contribution in [0, 0.1) is 5.92 Å². The summed E-state index contributed by atoms with van der Waals surface area (Å²) in [4.78, 5) is 12.7. The number of hydrogen-bond donors (Lipinski definition) is 0. The van der Waals surface area contributed by atoms with E-state index in [4.69, 9.17) is 4.74 Å². The number of unbranched alkanes of at least 4 members (excludes halogenated alkanes) is 10. The summed E-state index contributed by atoms with van der Waals surface area (Å²) in [6, 6.07) is 10.5. The smallest absolute Gasteiger partial charge is 0.308 e. The quantitative estimate of drug-likeness (QED) is 0.172. The van der Waals surface area contributed by atoms with Crippen molar-refractivity contribution in [1.29, 1.82) is 0 Å². The lowest BCUT2D eigenvalue weighted by molar-refractivity contribution is -0.149. The Balaban J connectivity index is 2.27. The van der Waals surface area contributed by atoms with Gasteiger partial charge >= 0.3 is 5.97 Å². The summed E-state index contributed by atoms with van der Waals surface area (Å²) >= 11 is 0. The molecule has 0 atom stereocenters. The molecule has 1 aromatic carbocycles. The largest absolute Gasteiger partial charge is 0.465 e. The Kier molecular flexibility index (Phi) is 16.6. The molecule has 0 heterocycles. The van der Waals surface area contributed by atoms with Gasteiger partial charge in [-0.15, -0.1) is 0 Å². The number of carbonyl (C=O) groups is 1. The first-order valence-electron chi connectivity index (χ1n) is 12.5. The van der Waals surface area contributed by atoms with Gasteiger partial charge in [0.1, 0.15) is 0 Å². The highest BCUT2D eigenvalue weighted by Gasteiger charge is 2.19. The second-order valence-electron chi connectivity index (χ2n) is 8.57. The van der Waals surface area contributed by atoms with Crippen molar-refractivity contribution in [1.82, 2.24) is 0 Å². The summed E-state index contributed by atoms with van der Waals surface area (Å²) < 4.78 is 5.68. The maximum atomic E-state index is 12.7. The molecule has 0 aliphatic carbocycles. The molecule has 0 aliphatic rings. The first-order valence-corrected chi connectivity index (χ1v) is 12.5. The molecule has 0 saturated heterocycles. The van der Waals surface area contributed by atoms with Crippen molar-refractivity contribution >= 4 is 5.97 Å². The Morgan fingerprint density at radius 3 is 1.79 bits per heavy atom. The van der Waals surface area contributed by atoms with Crippen LogP contribution in [0.4, 0.5) is 0 Å². The van der Waals surface area contributed by atoms with E-state index < -0.39 is 0 Å². The Morgan fingerprint density at radius 2 is 1.24 bits per heavy atom. The van der Waals surface area contributed by atoms with Crippen LogP contribution in [-0.2, 0) is 16.0 Å². The summed E-state index contributed by atoms with van der Waals surface area (Å²) in [5.74, 6) is 0.171. The number of esters is 1. The van der Waals surface area contributed by atoms with Crippen molar-refractivity contribution in [3.05, 3.63) is 35.9 Å². The van der Waals surface area contributed by atoms with E-state index in [9.17, 15) is 4.79 Å². The van der Waals surface area contributed by atoms with Crippen molar-refractivity contribution in [2.24, 2.45) is 5.92 Å². The van der Waals surface area contributed by atoms with Crippen molar-refractivity contribution in [2.45, 2.75) is 117 Å². The average Bonchev–Trinajstić information content (AvgIpc) is 2.75. The number of carbonyl (C=O) groups excluding carboxylic acids is 1. The van der Waals surface area contributed by atoms with Gasteiger partial charge in [0.25, 0.3) is 0 Å². The summed E-state index contributed by atoms with van der Waals surface area (Å²) in [5, 5.41) is 0. The summed E-state index contributed by atoms with van der Waals surface area (Å²) in [6.07, 6.45) is 19.3. The number of hydrogen-bond acceptors (Lipinski definition) is 2. The Hall–Kier alpha value is -1.31. The van der Waals surface area contributed by atoms with E-state index >= 15 is 0 Å². The minimum Gasteiger partial charge on any atom is -0.465 e. The molecule has 0 spiro atoms. The first-order chi connectivity index (χ1) is 14.3. The third-order valence-electron chi connectivity index (χ3n) is 5.84. The van der Waals surface area contributed by atoms with Gasteiger partial charge in [-0.1, -0.05) is 121 Å². The molecule has 0 amide bonds. The van der Waals surface area contributed by atoms with E-state index in [2.05, 4.69) is 38.1 Å². The van der Waals surface area contributed by atoms with Gasteiger partial charge in [0.2, 0.25) is 0 Å². The molecule has 0 aliphatic heterocycles. The topological polar surface area (TPSA) is 26.3 Å². The van der Waals surface area contributed by atoms with Crippen LogP contribution in [0.5, 0.6) is 0 Å². The average molecular weight is 403 g/mol. The van der Waals surface area contributed by atoms with Crippen molar-refractivity contribution in [2.75, 3.05) is 6.61 Å². The maximum absolute atomic E-state index is 12.7. The SMILES string of the molecule is CCCCCCCCC(CCCCCCCC)C(=O)OCCCc1ccccc1. The van der Waals surface area contributed by atoms with Gasteiger partial charge in [0.15, 0.2) is 0 Å². The van der Waals surface area contributed by atoms with E-state index in [-0.39, 0.29) is 11.9 Å². The standard InChI is InChI=1S/C27H46O2/c1-3-5-7-9-11-16-22-26(23-17-12-10-8-6-4-2)27(28)29-24-18-21-25-19-14-13-15-20-25/h13-15,19-20,26H,3-12,16-18,21-24H2,1-2H3. The molecule has 2 nitrogen and oxygen atoms in total. The van der Waals surface area contributed by atoms with Gasteiger partial charge in [-0.05, 0) is 31.2 Å². The van der Waals surface area contributed by atoms with Crippen molar-refractivity contribution in [3.63, 3.8) is 0 Å². The second-order valence-corrected chi connectivity index (χ2v) is 8.57. The maximum Gasteiger partial charge on any atom is 0.308 e. The second kappa shape index (κ2) is 18.7. The molecular formula is C27H46O2. The molecule has 0 radical (unpaired) electrons. The van der Waals surface area contributed by atoms with Crippen LogP contribution >= 0.6 is 0 Å². The van der Waals surface area contributed by atoms with Crippen LogP contribution in [-0.4, -0.2) is 12.6 Å². The highest BCUT2D eigenvalue weighted by Crippen LogP contribution is 2.21. The molecule has 0 N–H and O–H groups in total. The third-order valence-corrected chi connectivity index (χ3v) is 5.84. The van der Waals surface area contributed by atoms with Gasteiger partial charge in [-0.25, -0.2) is 0 Å². The molecule has 1 rings (SSSR count). The zero-order valence-electron chi connectivity index (χ0n) is 19.3. The summed E-state index contributed by atoms with van der Waals surface area (Å²) in [6.45, 7) is 5.06. The summed E-state index contributed by atoms with van der Waals surface area (Å²) in [5.41, 5.74) is 1.32. The van der Waals surface area contributed by atoms with Crippen LogP contribution in [0.15, 0.2) is 30.3 Å². The zero-order chi connectivity index (χ0) is 21.0. The van der Waals surface area contributed by atoms with Crippen LogP contribution in [0.25, 0.3) is 0 Å². The molecule has 0 bridgehead atoms. The van der Waals surface area contributed by atoms with Crippen LogP contribution in [0.2, 0.25) is 0 Å². The highest BCUT2D eigenvalue weighted by molar-refractivity contribution is 5.72. The fraction of sp³-hybridized carbons (Fsp3) is 0.741. The van der Waals surface area contributed by atoms with E-state index in [1.54, 1.807) is 0 Å². The normalized spacial score (nSPS) is 11.1. The van der Waals surface area contributed by atoms with Gasteiger partial charge in [0, 0.05) is 0 Å². The molecule has 0 unspecified atom stereocenters. The lowest BCUT2D eigenvalue weighted by Crippen LogP contribution is -2.19. The monoisotopic (exact) mass is 402 g/mol. The first kappa shape index (κ1) is 25.7. The lowest BCUT2D eigenvalue weighted by atomic mass is 9.94. The van der Waals surface area contributed by atoms with Gasteiger partial charge in [0.05, 0.1) is 12.5 Å². The molecule has 1 aromatic rings. The van der Waals surface area contributed by atoms with Gasteiger partial charge < -0.3 is 4.74 Å². The lowest BCUT2D eigenvalue weighted by Gasteiger charge is -2.16. The Bertz CT molecular complexity index is 467. The fourth-order valence-electron chi connectivity index (χ4n) is 3.93. The predicted octanol–water partition coefficient (Wildman–Crippen LogP) is 8.28. The Morgan fingerprint density at radius 1 is 0.724 bits per heavy atom. The number of aryl methyl sites for hydroxylation is 1. The van der Waals surface area contributed by atoms with Gasteiger partial charge in [-0.2, -0.15) is 0 Å². The minimum absolute atomic E-state index is 0.0557. The van der Waals surface area contributed by atoms with E-state index in [0.29, 0.717) is 6.61 Å². The van der Waals surface area contributed by atoms with Crippen LogP contribution in [0.1, 0.15) is 116 Å². The molecule has 166 valence electrons. The van der Waals surface area contributed by atoms with Gasteiger partial charge in [-0.3, -0.25) is 4.79 Å². The fourth-order valence-corrected chi connectivity index (χ4v) is 3.93. The van der Waals surface area contributed by atoms with E-state index in [0.717, 1.165) is 25.7 Å². The molecule has 29 heavy (non-hydrogen) atoms. The van der Waals surface area contributed by atoms with Crippen LogP contribution in [0.3, 0.4) is 0 Å². The minimum atomic E-state index is 0.0557. The number of ether oxygens (including phenoxy) is 1. The molecule has 0 aromatic heterocycles. The highest BCUT2D eigenvalue weighted by atomic mass is 16.5. The summed E-state index contributed by atoms with van der Waals surface area (Å²) in [7, 11) is 0. The van der Waals surface area contributed by atoms with Crippen LogP contribution < -0.4 is 0 Å². The number of benzene rings is 1. The zero-order valence-corrected chi connectivity index (χ0v) is 19.3. The van der Waals surface area contributed by atoms with Crippen molar-refractivity contribution < 1.29 is 9.53 Å². The molecular weight excluding hydrogens is 356 g/mol. The molecule has 0 fully saturated rings.